The second-order valence-electron chi connectivity index (χ2n) is 12.9. The van der Waals surface area contributed by atoms with Gasteiger partial charge in [-0.3, -0.25) is 0 Å². The van der Waals surface area contributed by atoms with Crippen LogP contribution in [0, 0.1) is 0 Å². The van der Waals surface area contributed by atoms with Gasteiger partial charge in [0.15, 0.2) is 11.4 Å². The molecule has 0 aliphatic rings. The average molecular weight is 670 g/mol. The van der Waals surface area contributed by atoms with Gasteiger partial charge in [-0.05, 0) is 48.5 Å². The highest BCUT2D eigenvalue weighted by atomic mass is 32.1. The quantitative estimate of drug-likeness (QED) is 0.187. The summed E-state index contributed by atoms with van der Waals surface area (Å²) in [7, 11) is 0. The van der Waals surface area contributed by atoms with Crippen molar-refractivity contribution < 1.29 is 4.42 Å². The van der Waals surface area contributed by atoms with E-state index in [2.05, 4.69) is 150 Å². The van der Waals surface area contributed by atoms with E-state index in [1.54, 1.807) is 0 Å². The first kappa shape index (κ1) is 28.3. The Labute approximate surface area is 296 Å². The predicted octanol–water partition coefficient (Wildman–Crippen LogP) is 12.8. The van der Waals surface area contributed by atoms with Gasteiger partial charge in [0, 0.05) is 64.1 Å². The second kappa shape index (κ2) is 11.0. The monoisotopic (exact) mass is 669 g/mol. The zero-order valence-corrected chi connectivity index (χ0v) is 28.1. The van der Waals surface area contributed by atoms with Gasteiger partial charge in [0.1, 0.15) is 5.58 Å². The van der Waals surface area contributed by atoms with E-state index in [0.29, 0.717) is 5.82 Å². The minimum absolute atomic E-state index is 0.715. The Hall–Kier alpha value is -6.56. The summed E-state index contributed by atoms with van der Waals surface area (Å²) < 4.78 is 11.4. The van der Waals surface area contributed by atoms with Gasteiger partial charge < -0.3 is 8.98 Å². The molecule has 7 aromatic carbocycles. The molecule has 11 rings (SSSR count). The summed E-state index contributed by atoms with van der Waals surface area (Å²) in [5.74, 6) is 0.715. The van der Waals surface area contributed by atoms with Crippen LogP contribution in [-0.4, -0.2) is 14.5 Å². The van der Waals surface area contributed by atoms with E-state index in [0.717, 1.165) is 66.7 Å². The smallest absolute Gasteiger partial charge is 0.161 e. The molecule has 0 amide bonds. The highest BCUT2D eigenvalue weighted by molar-refractivity contribution is 7.26. The van der Waals surface area contributed by atoms with E-state index in [9.17, 15) is 0 Å². The molecule has 0 radical (unpaired) electrons. The van der Waals surface area contributed by atoms with E-state index < -0.39 is 0 Å². The van der Waals surface area contributed by atoms with Crippen LogP contribution < -0.4 is 0 Å². The van der Waals surface area contributed by atoms with Gasteiger partial charge >= 0.3 is 0 Å². The van der Waals surface area contributed by atoms with Gasteiger partial charge in [-0.1, -0.05) is 115 Å². The first-order valence-electron chi connectivity index (χ1n) is 17.1. The molecule has 0 aliphatic carbocycles. The van der Waals surface area contributed by atoms with Crippen LogP contribution in [0.4, 0.5) is 0 Å². The van der Waals surface area contributed by atoms with Crippen molar-refractivity contribution in [1.82, 2.24) is 14.5 Å². The third kappa shape index (κ3) is 4.32. The number of furan rings is 1. The number of rotatable bonds is 4. The molecule has 0 fully saturated rings. The van der Waals surface area contributed by atoms with Crippen molar-refractivity contribution in [1.29, 1.82) is 0 Å². The highest BCUT2D eigenvalue weighted by Crippen LogP contribution is 2.44. The van der Waals surface area contributed by atoms with E-state index in [-0.39, 0.29) is 0 Å². The molecule has 0 N–H and O–H groups in total. The summed E-state index contributed by atoms with van der Waals surface area (Å²) in [6, 6.07) is 57.6. The largest absolute Gasteiger partial charge is 0.454 e. The number of nitrogens with zero attached hydrogens (tertiary/aromatic N) is 3. The molecule has 0 spiro atoms. The molecule has 0 bridgehead atoms. The predicted molar refractivity (Wildman–Crippen MR) is 213 cm³/mol. The van der Waals surface area contributed by atoms with Crippen LogP contribution in [0.2, 0.25) is 0 Å². The normalized spacial score (nSPS) is 11.9. The number of benzene rings is 7. The zero-order chi connectivity index (χ0) is 33.5. The summed E-state index contributed by atoms with van der Waals surface area (Å²) in [6.07, 6.45) is 0. The van der Waals surface area contributed by atoms with Crippen LogP contribution in [0.25, 0.3) is 104 Å². The summed E-state index contributed by atoms with van der Waals surface area (Å²) in [6.45, 7) is 0. The number of thiophene rings is 1. The lowest BCUT2D eigenvalue weighted by molar-refractivity contribution is 0.671. The number of hydrogen-bond acceptors (Lipinski definition) is 4. The summed E-state index contributed by atoms with van der Waals surface area (Å²) in [4.78, 5) is 10.4. The molecule has 238 valence electrons. The maximum Gasteiger partial charge on any atom is 0.161 e. The second-order valence-corrected chi connectivity index (χ2v) is 14.0. The summed E-state index contributed by atoms with van der Waals surface area (Å²) in [5, 5.41) is 6.97. The van der Waals surface area contributed by atoms with E-state index in [1.165, 1.54) is 30.9 Å². The lowest BCUT2D eigenvalue weighted by atomic mass is 10.0. The van der Waals surface area contributed by atoms with E-state index >= 15 is 0 Å². The summed E-state index contributed by atoms with van der Waals surface area (Å²) in [5.41, 5.74) is 10.1. The minimum Gasteiger partial charge on any atom is -0.454 e. The average Bonchev–Trinajstić information content (AvgIpc) is 3.88. The van der Waals surface area contributed by atoms with Gasteiger partial charge in [0.05, 0.1) is 22.4 Å². The Morgan fingerprint density at radius 1 is 0.490 bits per heavy atom. The molecule has 4 aromatic heterocycles. The van der Waals surface area contributed by atoms with Crippen molar-refractivity contribution >= 4 is 75.3 Å². The Morgan fingerprint density at radius 3 is 1.96 bits per heavy atom. The lowest BCUT2D eigenvalue weighted by Gasteiger charge is -2.11. The Morgan fingerprint density at radius 2 is 1.18 bits per heavy atom. The molecule has 11 aromatic rings. The lowest BCUT2D eigenvalue weighted by Crippen LogP contribution is -1.96. The van der Waals surface area contributed by atoms with Crippen LogP contribution in [0.15, 0.2) is 168 Å². The fraction of sp³-hybridized carbons (Fsp3) is 0. The van der Waals surface area contributed by atoms with Crippen molar-refractivity contribution in [3.63, 3.8) is 0 Å². The maximum absolute atomic E-state index is 6.64. The number of hydrogen-bond donors (Lipinski definition) is 0. The van der Waals surface area contributed by atoms with Crippen molar-refractivity contribution in [3.8, 4) is 39.6 Å². The number of aromatic nitrogens is 3. The highest BCUT2D eigenvalue weighted by Gasteiger charge is 2.21. The SMILES string of the molecule is c1ccc(-c2cc(-c3ccccc3)nc(-c3cccc4sc5ccc(-n6c7ccccc7c7ccc8c9ccccc9oc8c76)cc5c34)n2)cc1. The molecular weight excluding hydrogens is 643 g/mol. The fourth-order valence-electron chi connectivity index (χ4n) is 7.72. The van der Waals surface area contributed by atoms with Crippen LogP contribution in [-0.2, 0) is 0 Å². The van der Waals surface area contributed by atoms with E-state index in [1.807, 2.05) is 29.5 Å². The fourth-order valence-corrected chi connectivity index (χ4v) is 8.83. The van der Waals surface area contributed by atoms with Gasteiger partial charge in [-0.2, -0.15) is 0 Å². The van der Waals surface area contributed by atoms with Gasteiger partial charge in [-0.25, -0.2) is 9.97 Å². The number of fused-ring (bicyclic) bond motifs is 10. The molecule has 0 aliphatic heterocycles. The van der Waals surface area contributed by atoms with Gasteiger partial charge in [-0.15, -0.1) is 11.3 Å². The molecule has 5 heteroatoms. The molecule has 51 heavy (non-hydrogen) atoms. The first-order chi connectivity index (χ1) is 25.3. The van der Waals surface area contributed by atoms with Crippen LogP contribution >= 0.6 is 11.3 Å². The van der Waals surface area contributed by atoms with Crippen molar-refractivity contribution in [2.75, 3.05) is 0 Å². The molecule has 0 saturated carbocycles. The first-order valence-corrected chi connectivity index (χ1v) is 17.9. The van der Waals surface area contributed by atoms with Crippen LogP contribution in [0.3, 0.4) is 0 Å². The van der Waals surface area contributed by atoms with Crippen molar-refractivity contribution in [2.45, 2.75) is 0 Å². The standard InChI is InChI=1S/C46H27N3OS/c1-3-12-28(13-4-1)37-27-38(29-14-5-2-6-15-29)48-46(47-37)35-18-11-21-42-43(35)36-26-30(22-25-41(36)51-42)49-39-19-9-7-16-31(39)33-23-24-34-32-17-8-10-20-40(32)50-45(34)44(33)49/h1-27H. The van der Waals surface area contributed by atoms with Crippen LogP contribution in [0.5, 0.6) is 0 Å². The minimum atomic E-state index is 0.715. The third-order valence-electron chi connectivity index (χ3n) is 10.0. The van der Waals surface area contributed by atoms with Crippen molar-refractivity contribution in [3.05, 3.63) is 164 Å². The summed E-state index contributed by atoms with van der Waals surface area (Å²) >= 11 is 1.81. The Balaban J connectivity index is 1.19. The van der Waals surface area contributed by atoms with E-state index in [4.69, 9.17) is 14.4 Å². The molecule has 4 nitrogen and oxygen atoms in total. The van der Waals surface area contributed by atoms with Crippen molar-refractivity contribution in [2.24, 2.45) is 0 Å². The molecule has 0 atom stereocenters. The number of para-hydroxylation sites is 2. The molecule has 0 unspecified atom stereocenters. The van der Waals surface area contributed by atoms with Gasteiger partial charge in [0.25, 0.3) is 0 Å². The maximum atomic E-state index is 6.64. The van der Waals surface area contributed by atoms with Crippen LogP contribution in [0.1, 0.15) is 0 Å². The Kier molecular flexibility index (Phi) is 6.09. The molecule has 4 heterocycles. The van der Waals surface area contributed by atoms with Gasteiger partial charge in [0.2, 0.25) is 0 Å². The third-order valence-corrected chi connectivity index (χ3v) is 11.2. The molecule has 0 saturated heterocycles. The zero-order valence-electron chi connectivity index (χ0n) is 27.2. The Bertz CT molecular complexity index is 3080. The molecular formula is C46H27N3OS. The topological polar surface area (TPSA) is 43.9 Å².